The van der Waals surface area contributed by atoms with E-state index in [1.54, 1.807) is 19.1 Å². The lowest BCUT2D eigenvalue weighted by molar-refractivity contribution is 0.0526. The molecule has 27 heavy (non-hydrogen) atoms. The maximum absolute atomic E-state index is 11.7. The van der Waals surface area contributed by atoms with Crippen LogP contribution in [-0.4, -0.2) is 22.5 Å². The molecule has 0 radical (unpaired) electrons. The average molecular weight is 362 g/mol. The van der Waals surface area contributed by atoms with Crippen LogP contribution in [0.25, 0.3) is 0 Å². The number of aromatic nitrogens is 2. The third-order valence-corrected chi connectivity index (χ3v) is 4.06. The fourth-order valence-electron chi connectivity index (χ4n) is 2.57. The van der Waals surface area contributed by atoms with E-state index in [0.717, 1.165) is 11.5 Å². The summed E-state index contributed by atoms with van der Waals surface area (Å²) in [7, 11) is 0. The molecular formula is C21H22N4O2. The van der Waals surface area contributed by atoms with Crippen LogP contribution in [0.4, 0.5) is 17.3 Å². The van der Waals surface area contributed by atoms with Crippen molar-refractivity contribution in [3.8, 4) is 0 Å². The number of hydrogen-bond donors (Lipinski definition) is 2. The monoisotopic (exact) mass is 362 g/mol. The highest BCUT2D eigenvalue weighted by Crippen LogP contribution is 2.18. The average Bonchev–Trinajstić information content (AvgIpc) is 2.68. The number of esters is 1. The van der Waals surface area contributed by atoms with Gasteiger partial charge in [0.1, 0.15) is 18.0 Å². The summed E-state index contributed by atoms with van der Waals surface area (Å²) in [6.45, 7) is 4.92. The Morgan fingerprint density at radius 3 is 2.52 bits per heavy atom. The Bertz CT molecular complexity index is 910. The molecule has 0 atom stereocenters. The molecule has 0 aliphatic heterocycles. The van der Waals surface area contributed by atoms with E-state index < -0.39 is 0 Å². The third-order valence-electron chi connectivity index (χ3n) is 4.06. The molecule has 0 spiro atoms. The summed E-state index contributed by atoms with van der Waals surface area (Å²) in [6.07, 6.45) is 1.51. The van der Waals surface area contributed by atoms with Gasteiger partial charge in [-0.05, 0) is 49.2 Å². The van der Waals surface area contributed by atoms with Crippen LogP contribution < -0.4 is 10.6 Å². The van der Waals surface area contributed by atoms with Gasteiger partial charge >= 0.3 is 5.97 Å². The van der Waals surface area contributed by atoms with Crippen molar-refractivity contribution in [3.63, 3.8) is 0 Å². The van der Waals surface area contributed by atoms with E-state index in [-0.39, 0.29) is 5.97 Å². The minimum Gasteiger partial charge on any atom is -0.462 e. The van der Waals surface area contributed by atoms with E-state index in [2.05, 4.69) is 39.7 Å². The maximum Gasteiger partial charge on any atom is 0.338 e. The molecule has 3 rings (SSSR count). The van der Waals surface area contributed by atoms with Crippen molar-refractivity contribution in [1.82, 2.24) is 9.97 Å². The smallest absolute Gasteiger partial charge is 0.338 e. The van der Waals surface area contributed by atoms with Gasteiger partial charge in [0.15, 0.2) is 0 Å². The standard InChI is InChI=1S/C21H22N4O2/c1-3-27-21(26)16-8-10-18(11-9-16)25-20-12-19(23-14-24-20)22-13-17-7-5-4-6-15(17)2/h4-12,14H,3,13H2,1-2H3,(H2,22,23,24,25). The van der Waals surface area contributed by atoms with Crippen LogP contribution in [0.3, 0.4) is 0 Å². The quantitative estimate of drug-likeness (QED) is 0.610. The molecule has 1 aromatic heterocycles. The number of carbonyl (C=O) groups excluding carboxylic acids is 1. The lowest BCUT2D eigenvalue weighted by atomic mass is 10.1. The number of aryl methyl sites for hydroxylation is 1. The molecule has 0 bridgehead atoms. The Labute approximate surface area is 158 Å². The van der Waals surface area contributed by atoms with Crippen molar-refractivity contribution in [2.75, 3.05) is 17.2 Å². The number of rotatable bonds is 7. The Balaban J connectivity index is 1.63. The molecule has 6 heteroatoms. The van der Waals surface area contributed by atoms with E-state index in [1.807, 2.05) is 30.3 Å². The Hall–Kier alpha value is -3.41. The van der Waals surface area contributed by atoms with Crippen molar-refractivity contribution < 1.29 is 9.53 Å². The van der Waals surface area contributed by atoms with Crippen LogP contribution in [0.15, 0.2) is 60.9 Å². The van der Waals surface area contributed by atoms with Gasteiger partial charge in [-0.3, -0.25) is 0 Å². The minimum atomic E-state index is -0.325. The summed E-state index contributed by atoms with van der Waals surface area (Å²) in [5, 5.41) is 6.52. The zero-order valence-electron chi connectivity index (χ0n) is 15.4. The first kappa shape index (κ1) is 18.4. The van der Waals surface area contributed by atoms with Crippen LogP contribution in [0.2, 0.25) is 0 Å². The lowest BCUT2D eigenvalue weighted by Crippen LogP contribution is -2.05. The Morgan fingerprint density at radius 2 is 1.78 bits per heavy atom. The van der Waals surface area contributed by atoms with Crippen LogP contribution in [0.1, 0.15) is 28.4 Å². The first-order chi connectivity index (χ1) is 13.2. The lowest BCUT2D eigenvalue weighted by Gasteiger charge is -2.10. The molecule has 6 nitrogen and oxygen atoms in total. The van der Waals surface area contributed by atoms with Crippen LogP contribution in [0, 0.1) is 6.92 Å². The normalized spacial score (nSPS) is 10.3. The SMILES string of the molecule is CCOC(=O)c1ccc(Nc2cc(NCc3ccccc3C)ncn2)cc1. The largest absolute Gasteiger partial charge is 0.462 e. The summed E-state index contributed by atoms with van der Waals surface area (Å²) in [4.78, 5) is 20.2. The van der Waals surface area contributed by atoms with Gasteiger partial charge in [-0.1, -0.05) is 24.3 Å². The van der Waals surface area contributed by atoms with Gasteiger partial charge in [0.2, 0.25) is 0 Å². The molecular weight excluding hydrogens is 340 g/mol. The molecule has 2 N–H and O–H groups in total. The minimum absolute atomic E-state index is 0.325. The summed E-state index contributed by atoms with van der Waals surface area (Å²) in [5.74, 6) is 1.08. The van der Waals surface area contributed by atoms with Gasteiger partial charge in [-0.15, -0.1) is 0 Å². The second-order valence-corrected chi connectivity index (χ2v) is 5.99. The van der Waals surface area contributed by atoms with Gasteiger partial charge in [0.25, 0.3) is 0 Å². The van der Waals surface area contributed by atoms with Crippen molar-refractivity contribution in [2.45, 2.75) is 20.4 Å². The molecule has 138 valence electrons. The fourth-order valence-corrected chi connectivity index (χ4v) is 2.57. The number of ether oxygens (including phenoxy) is 1. The van der Waals surface area contributed by atoms with Gasteiger partial charge in [-0.2, -0.15) is 0 Å². The highest BCUT2D eigenvalue weighted by Gasteiger charge is 2.06. The number of benzene rings is 2. The van der Waals surface area contributed by atoms with Gasteiger partial charge in [0.05, 0.1) is 12.2 Å². The van der Waals surface area contributed by atoms with Gasteiger partial charge in [-0.25, -0.2) is 14.8 Å². The number of hydrogen-bond acceptors (Lipinski definition) is 6. The number of nitrogens with one attached hydrogen (secondary N) is 2. The third kappa shape index (κ3) is 5.04. The predicted octanol–water partition coefficient (Wildman–Crippen LogP) is 4.32. The second kappa shape index (κ2) is 8.80. The summed E-state index contributed by atoms with van der Waals surface area (Å²) in [5.41, 5.74) is 3.80. The molecule has 0 fully saturated rings. The summed E-state index contributed by atoms with van der Waals surface area (Å²) in [6, 6.07) is 17.1. The number of carbonyl (C=O) groups is 1. The molecule has 0 aliphatic carbocycles. The first-order valence-electron chi connectivity index (χ1n) is 8.80. The predicted molar refractivity (Wildman–Crippen MR) is 106 cm³/mol. The molecule has 2 aromatic carbocycles. The van der Waals surface area contributed by atoms with E-state index in [1.165, 1.54) is 17.5 Å². The maximum atomic E-state index is 11.7. The van der Waals surface area contributed by atoms with Crippen LogP contribution in [0.5, 0.6) is 0 Å². The van der Waals surface area contributed by atoms with Crippen molar-refractivity contribution >= 4 is 23.3 Å². The topological polar surface area (TPSA) is 76.1 Å². The summed E-state index contributed by atoms with van der Waals surface area (Å²) < 4.78 is 4.99. The molecule has 0 amide bonds. The molecule has 1 heterocycles. The molecule has 0 saturated carbocycles. The summed E-state index contributed by atoms with van der Waals surface area (Å²) >= 11 is 0. The highest BCUT2D eigenvalue weighted by molar-refractivity contribution is 5.89. The van der Waals surface area contributed by atoms with Crippen LogP contribution >= 0.6 is 0 Å². The zero-order valence-corrected chi connectivity index (χ0v) is 15.4. The van der Waals surface area contributed by atoms with E-state index >= 15 is 0 Å². The number of anilines is 3. The molecule has 0 unspecified atom stereocenters. The van der Waals surface area contributed by atoms with Crippen molar-refractivity contribution in [1.29, 1.82) is 0 Å². The Kier molecular flexibility index (Phi) is 5.99. The zero-order chi connectivity index (χ0) is 19.1. The second-order valence-electron chi connectivity index (χ2n) is 5.99. The fraction of sp³-hybridized carbons (Fsp3) is 0.190. The Morgan fingerprint density at radius 1 is 1.04 bits per heavy atom. The van der Waals surface area contributed by atoms with Gasteiger partial charge in [0, 0.05) is 18.3 Å². The van der Waals surface area contributed by atoms with E-state index in [0.29, 0.717) is 24.5 Å². The van der Waals surface area contributed by atoms with E-state index in [4.69, 9.17) is 4.74 Å². The first-order valence-corrected chi connectivity index (χ1v) is 8.80. The van der Waals surface area contributed by atoms with Crippen molar-refractivity contribution in [3.05, 3.63) is 77.6 Å². The molecule has 0 aliphatic rings. The van der Waals surface area contributed by atoms with Crippen LogP contribution in [-0.2, 0) is 11.3 Å². The van der Waals surface area contributed by atoms with Gasteiger partial charge < -0.3 is 15.4 Å². The molecule has 0 saturated heterocycles. The number of nitrogens with zero attached hydrogens (tertiary/aromatic N) is 2. The van der Waals surface area contributed by atoms with E-state index in [9.17, 15) is 4.79 Å². The van der Waals surface area contributed by atoms with Crippen molar-refractivity contribution in [2.24, 2.45) is 0 Å². The molecule has 3 aromatic rings. The highest BCUT2D eigenvalue weighted by atomic mass is 16.5.